The third kappa shape index (κ3) is 5.36. The molecule has 0 radical (unpaired) electrons. The van der Waals surface area contributed by atoms with E-state index in [0.29, 0.717) is 30.3 Å². The Morgan fingerprint density at radius 1 is 1.09 bits per heavy atom. The van der Waals surface area contributed by atoms with Gasteiger partial charge in [-0.1, -0.05) is 20.8 Å². The Balaban J connectivity index is 3.25. The lowest BCUT2D eigenvalue weighted by atomic mass is 9.93. The highest BCUT2D eigenvalue weighted by atomic mass is 19.1. The highest BCUT2D eigenvalue weighted by Gasteiger charge is 2.26. The maximum absolute atomic E-state index is 14.6. The molecule has 0 spiro atoms. The van der Waals surface area contributed by atoms with E-state index in [4.69, 9.17) is 9.47 Å². The molecular weight excluding hydrogens is 297 g/mol. The van der Waals surface area contributed by atoms with Gasteiger partial charge in [-0.25, -0.2) is 4.39 Å². The van der Waals surface area contributed by atoms with Gasteiger partial charge in [-0.3, -0.25) is 0 Å². The van der Waals surface area contributed by atoms with Crippen LogP contribution >= 0.6 is 0 Å². The summed E-state index contributed by atoms with van der Waals surface area (Å²) in [5, 5.41) is 9.48. The minimum atomic E-state index is -0.334. The second-order valence-electron chi connectivity index (χ2n) is 6.09. The molecule has 23 heavy (non-hydrogen) atoms. The highest BCUT2D eigenvalue weighted by Crippen LogP contribution is 2.37. The van der Waals surface area contributed by atoms with Gasteiger partial charge in [0, 0.05) is 24.3 Å². The second-order valence-corrected chi connectivity index (χ2v) is 6.09. The lowest BCUT2D eigenvalue weighted by Crippen LogP contribution is -2.28. The van der Waals surface area contributed by atoms with Gasteiger partial charge < -0.3 is 19.5 Å². The zero-order valence-electron chi connectivity index (χ0n) is 14.9. The number of ether oxygens (including phenoxy) is 2. The van der Waals surface area contributed by atoms with Gasteiger partial charge in [-0.2, -0.15) is 0 Å². The molecule has 0 heterocycles. The summed E-state index contributed by atoms with van der Waals surface area (Å²) >= 11 is 0. The van der Waals surface area contributed by atoms with Gasteiger partial charge in [0.25, 0.3) is 0 Å². The van der Waals surface area contributed by atoms with Gasteiger partial charge in [0.05, 0.1) is 13.2 Å². The predicted molar refractivity (Wildman–Crippen MR) is 90.6 cm³/mol. The second kappa shape index (κ2) is 9.73. The Hall–Kier alpha value is -1.33. The smallest absolute Gasteiger partial charge is 0.164 e. The van der Waals surface area contributed by atoms with Crippen LogP contribution in [0, 0.1) is 11.7 Å². The van der Waals surface area contributed by atoms with E-state index in [0.717, 1.165) is 12.8 Å². The van der Waals surface area contributed by atoms with E-state index in [1.807, 2.05) is 39.8 Å². The van der Waals surface area contributed by atoms with Gasteiger partial charge in [0.15, 0.2) is 11.5 Å². The van der Waals surface area contributed by atoms with Crippen LogP contribution in [0.5, 0.6) is 11.5 Å². The molecule has 0 saturated heterocycles. The number of rotatable bonds is 10. The first-order chi connectivity index (χ1) is 11.0. The molecule has 0 amide bonds. The summed E-state index contributed by atoms with van der Waals surface area (Å²) in [5.41, 5.74) is 0.520. The molecule has 4 nitrogen and oxygen atoms in total. The molecule has 0 saturated carbocycles. The third-order valence-corrected chi connectivity index (χ3v) is 3.69. The summed E-state index contributed by atoms with van der Waals surface area (Å²) < 4.78 is 26.0. The Labute approximate surface area is 139 Å². The number of hydrogen-bond acceptors (Lipinski definition) is 4. The molecule has 0 aromatic heterocycles. The average molecular weight is 327 g/mol. The number of benzene rings is 1. The van der Waals surface area contributed by atoms with Gasteiger partial charge in [0.1, 0.15) is 5.82 Å². The fourth-order valence-corrected chi connectivity index (χ4v) is 2.62. The number of halogens is 1. The van der Waals surface area contributed by atoms with Crippen molar-refractivity contribution in [2.45, 2.75) is 39.7 Å². The van der Waals surface area contributed by atoms with Crippen LogP contribution in [0.3, 0.4) is 0 Å². The van der Waals surface area contributed by atoms with Crippen LogP contribution in [0.25, 0.3) is 0 Å². The van der Waals surface area contributed by atoms with Crippen LogP contribution in [0.15, 0.2) is 12.1 Å². The average Bonchev–Trinajstić information content (AvgIpc) is 2.52. The minimum Gasteiger partial charge on any atom is -0.490 e. The standard InChI is InChI=1S/C18H30FNO3/c1-6-8-22-16-10-14(18(20(4)5)13(3)12-21)15(19)11-17(16)23-9-7-2/h10-11,13,18,21H,6-9,12H2,1-5H3. The summed E-state index contributed by atoms with van der Waals surface area (Å²) in [6.07, 6.45) is 1.71. The molecule has 1 rings (SSSR count). The first kappa shape index (κ1) is 19.7. The van der Waals surface area contributed by atoms with E-state index in [-0.39, 0.29) is 24.4 Å². The first-order valence-electron chi connectivity index (χ1n) is 8.32. The molecule has 2 atom stereocenters. The summed E-state index contributed by atoms with van der Waals surface area (Å²) in [4.78, 5) is 1.91. The van der Waals surface area contributed by atoms with E-state index >= 15 is 0 Å². The summed E-state index contributed by atoms with van der Waals surface area (Å²) in [6.45, 7) is 6.98. The largest absolute Gasteiger partial charge is 0.490 e. The first-order valence-corrected chi connectivity index (χ1v) is 8.32. The Morgan fingerprint density at radius 3 is 2.04 bits per heavy atom. The van der Waals surface area contributed by atoms with Crippen molar-refractivity contribution < 1.29 is 19.0 Å². The summed E-state index contributed by atoms with van der Waals surface area (Å²) in [5.74, 6) is 0.573. The van der Waals surface area contributed by atoms with Gasteiger partial charge in [-0.15, -0.1) is 0 Å². The molecule has 1 aromatic carbocycles. The molecule has 0 aliphatic rings. The molecule has 1 N–H and O–H groups in total. The van der Waals surface area contributed by atoms with Crippen molar-refractivity contribution in [1.29, 1.82) is 0 Å². The number of hydrogen-bond donors (Lipinski definition) is 1. The molecule has 0 fully saturated rings. The molecule has 132 valence electrons. The van der Waals surface area contributed by atoms with Gasteiger partial charge in [0.2, 0.25) is 0 Å². The predicted octanol–water partition coefficient (Wildman–Crippen LogP) is 3.63. The topological polar surface area (TPSA) is 41.9 Å². The maximum atomic E-state index is 14.6. The monoisotopic (exact) mass is 327 g/mol. The van der Waals surface area contributed by atoms with Gasteiger partial charge >= 0.3 is 0 Å². The fourth-order valence-electron chi connectivity index (χ4n) is 2.62. The van der Waals surface area contributed by atoms with Crippen molar-refractivity contribution in [2.75, 3.05) is 33.9 Å². The zero-order chi connectivity index (χ0) is 17.4. The highest BCUT2D eigenvalue weighted by molar-refractivity contribution is 5.45. The zero-order valence-corrected chi connectivity index (χ0v) is 14.9. The van der Waals surface area contributed by atoms with Crippen molar-refractivity contribution in [3.05, 3.63) is 23.5 Å². The third-order valence-electron chi connectivity index (χ3n) is 3.69. The number of nitrogens with zero attached hydrogens (tertiary/aromatic N) is 1. The van der Waals surface area contributed by atoms with E-state index < -0.39 is 0 Å². The van der Waals surface area contributed by atoms with Crippen LogP contribution in [0.4, 0.5) is 4.39 Å². The van der Waals surface area contributed by atoms with Crippen molar-refractivity contribution in [3.63, 3.8) is 0 Å². The lowest BCUT2D eigenvalue weighted by molar-refractivity contribution is 0.142. The Morgan fingerprint density at radius 2 is 1.61 bits per heavy atom. The van der Waals surface area contributed by atoms with Gasteiger partial charge in [-0.05, 0) is 38.9 Å². The Bertz CT molecular complexity index is 480. The molecule has 0 aliphatic heterocycles. The van der Waals surface area contributed by atoms with Crippen LogP contribution in [0.1, 0.15) is 45.2 Å². The van der Waals surface area contributed by atoms with Crippen LogP contribution in [-0.2, 0) is 0 Å². The van der Waals surface area contributed by atoms with Crippen molar-refractivity contribution in [2.24, 2.45) is 5.92 Å². The van der Waals surface area contributed by atoms with Crippen molar-refractivity contribution in [3.8, 4) is 11.5 Å². The molecule has 2 unspecified atom stereocenters. The molecular formula is C18H30FNO3. The normalized spacial score (nSPS) is 13.9. The molecule has 0 aliphatic carbocycles. The van der Waals surface area contributed by atoms with Crippen molar-refractivity contribution in [1.82, 2.24) is 4.90 Å². The quantitative estimate of drug-likeness (QED) is 0.712. The number of aliphatic hydroxyl groups is 1. The SMILES string of the molecule is CCCOc1cc(F)c(C(C(C)CO)N(C)C)cc1OCCC. The number of aliphatic hydroxyl groups excluding tert-OH is 1. The summed E-state index contributed by atoms with van der Waals surface area (Å²) in [6, 6.07) is 2.88. The van der Waals surface area contributed by atoms with Crippen LogP contribution in [0.2, 0.25) is 0 Å². The van der Waals surface area contributed by atoms with E-state index in [1.54, 1.807) is 6.07 Å². The van der Waals surface area contributed by atoms with Crippen LogP contribution < -0.4 is 9.47 Å². The Kier molecular flexibility index (Phi) is 8.34. The van der Waals surface area contributed by atoms with Crippen molar-refractivity contribution >= 4 is 0 Å². The molecule has 1 aromatic rings. The molecule has 0 bridgehead atoms. The fraction of sp³-hybridized carbons (Fsp3) is 0.667. The maximum Gasteiger partial charge on any atom is 0.164 e. The van der Waals surface area contributed by atoms with E-state index in [1.165, 1.54) is 6.07 Å². The molecule has 5 heteroatoms. The van der Waals surface area contributed by atoms with E-state index in [2.05, 4.69) is 0 Å². The lowest BCUT2D eigenvalue weighted by Gasteiger charge is -2.30. The summed E-state index contributed by atoms with van der Waals surface area (Å²) in [7, 11) is 3.76. The minimum absolute atomic E-state index is 0.0124. The van der Waals surface area contributed by atoms with Crippen LogP contribution in [-0.4, -0.2) is 43.9 Å². The van der Waals surface area contributed by atoms with E-state index in [9.17, 15) is 9.50 Å².